The number of alkyl halides is 3. The molecule has 0 aromatic heterocycles. The summed E-state index contributed by atoms with van der Waals surface area (Å²) < 4.78 is 40.6. The average molecular weight is 442 g/mol. The highest BCUT2D eigenvalue weighted by Gasteiger charge is 2.31. The van der Waals surface area contributed by atoms with Gasteiger partial charge >= 0.3 is 6.36 Å². The van der Waals surface area contributed by atoms with Crippen LogP contribution in [0.25, 0.3) is 0 Å². The standard InChI is InChI=1S/C21H23ClF3N3O2/c1-2-27-9-11-28(12-10-27)19-8-5-16(22)14-18(19)26-20(29)13-15-3-6-17(7-4-15)30-21(23,24)25/h3-8,14H,2,9-13H2,1H3,(H,26,29). The fourth-order valence-electron chi connectivity index (χ4n) is 3.38. The van der Waals surface area contributed by atoms with Crippen LogP contribution in [0.2, 0.25) is 5.02 Å². The minimum atomic E-state index is -4.75. The van der Waals surface area contributed by atoms with E-state index in [1.165, 1.54) is 24.3 Å². The number of carbonyl (C=O) groups is 1. The van der Waals surface area contributed by atoms with E-state index < -0.39 is 6.36 Å². The van der Waals surface area contributed by atoms with Crippen LogP contribution in [0.1, 0.15) is 12.5 Å². The molecule has 9 heteroatoms. The summed E-state index contributed by atoms with van der Waals surface area (Å²) in [5, 5.41) is 3.39. The number of piperazine rings is 1. The van der Waals surface area contributed by atoms with Crippen molar-refractivity contribution in [3.05, 3.63) is 53.1 Å². The zero-order chi connectivity index (χ0) is 21.7. The van der Waals surface area contributed by atoms with Crippen molar-refractivity contribution in [2.75, 3.05) is 42.9 Å². The molecule has 30 heavy (non-hydrogen) atoms. The molecule has 2 aromatic rings. The number of amides is 1. The van der Waals surface area contributed by atoms with Crippen LogP contribution >= 0.6 is 11.6 Å². The van der Waals surface area contributed by atoms with Gasteiger partial charge in [0.05, 0.1) is 17.8 Å². The molecule has 2 aromatic carbocycles. The SMILES string of the molecule is CCN1CCN(c2ccc(Cl)cc2NC(=O)Cc2ccc(OC(F)(F)F)cc2)CC1. The lowest BCUT2D eigenvalue weighted by Crippen LogP contribution is -2.46. The highest BCUT2D eigenvalue weighted by atomic mass is 35.5. The van der Waals surface area contributed by atoms with E-state index in [2.05, 4.69) is 26.8 Å². The van der Waals surface area contributed by atoms with Crippen molar-refractivity contribution >= 4 is 28.9 Å². The van der Waals surface area contributed by atoms with Gasteiger partial charge in [0, 0.05) is 31.2 Å². The van der Waals surface area contributed by atoms with Gasteiger partial charge in [0.15, 0.2) is 0 Å². The third-order valence-corrected chi connectivity index (χ3v) is 5.15. The van der Waals surface area contributed by atoms with Crippen molar-refractivity contribution in [1.82, 2.24) is 4.90 Å². The Morgan fingerprint density at radius 1 is 1.10 bits per heavy atom. The average Bonchev–Trinajstić information content (AvgIpc) is 2.69. The lowest BCUT2D eigenvalue weighted by atomic mass is 10.1. The third-order valence-electron chi connectivity index (χ3n) is 4.91. The number of benzene rings is 2. The van der Waals surface area contributed by atoms with Crippen LogP contribution in [0.15, 0.2) is 42.5 Å². The second kappa shape index (κ2) is 9.57. The predicted octanol–water partition coefficient (Wildman–Crippen LogP) is 4.56. The molecule has 1 heterocycles. The summed E-state index contributed by atoms with van der Waals surface area (Å²) in [5.74, 6) is -0.606. The molecule has 1 fully saturated rings. The summed E-state index contributed by atoms with van der Waals surface area (Å²) in [6, 6.07) is 10.6. The highest BCUT2D eigenvalue weighted by molar-refractivity contribution is 6.31. The molecule has 0 unspecified atom stereocenters. The molecule has 162 valence electrons. The summed E-state index contributed by atoms with van der Waals surface area (Å²) in [4.78, 5) is 17.1. The quantitative estimate of drug-likeness (QED) is 0.713. The van der Waals surface area contributed by atoms with E-state index in [-0.39, 0.29) is 18.1 Å². The van der Waals surface area contributed by atoms with Gasteiger partial charge in [-0.15, -0.1) is 13.2 Å². The largest absolute Gasteiger partial charge is 0.573 e. The van der Waals surface area contributed by atoms with Gasteiger partial charge in [-0.1, -0.05) is 30.7 Å². The summed E-state index contributed by atoms with van der Waals surface area (Å²) >= 11 is 6.13. The van der Waals surface area contributed by atoms with Gasteiger partial charge in [-0.25, -0.2) is 0 Å². The first-order valence-corrected chi connectivity index (χ1v) is 10.0. The van der Waals surface area contributed by atoms with Crippen molar-refractivity contribution in [2.45, 2.75) is 19.7 Å². The van der Waals surface area contributed by atoms with Crippen molar-refractivity contribution in [3.63, 3.8) is 0 Å². The number of anilines is 2. The van der Waals surface area contributed by atoms with Crippen molar-refractivity contribution in [1.29, 1.82) is 0 Å². The number of halogens is 4. The number of rotatable bonds is 6. The lowest BCUT2D eigenvalue weighted by molar-refractivity contribution is -0.274. The van der Waals surface area contributed by atoms with Crippen LogP contribution in [-0.2, 0) is 11.2 Å². The van der Waals surface area contributed by atoms with Crippen LogP contribution in [0.4, 0.5) is 24.5 Å². The molecule has 5 nitrogen and oxygen atoms in total. The number of nitrogens with one attached hydrogen (secondary N) is 1. The van der Waals surface area contributed by atoms with Crippen molar-refractivity contribution < 1.29 is 22.7 Å². The zero-order valence-electron chi connectivity index (χ0n) is 16.5. The molecule has 0 bridgehead atoms. The number of hydrogen-bond donors (Lipinski definition) is 1. The summed E-state index contributed by atoms with van der Waals surface area (Å²) in [7, 11) is 0. The number of carbonyl (C=O) groups excluding carboxylic acids is 1. The van der Waals surface area contributed by atoms with E-state index in [4.69, 9.17) is 11.6 Å². The smallest absolute Gasteiger partial charge is 0.406 e. The first-order chi connectivity index (χ1) is 14.2. The number of ether oxygens (including phenoxy) is 1. The van der Waals surface area contributed by atoms with Crippen LogP contribution in [0.5, 0.6) is 5.75 Å². The van der Waals surface area contributed by atoms with Crippen LogP contribution in [0, 0.1) is 0 Å². The van der Waals surface area contributed by atoms with Gasteiger partial charge in [0.2, 0.25) is 5.91 Å². The van der Waals surface area contributed by atoms with Crippen molar-refractivity contribution in [3.8, 4) is 5.75 Å². The highest BCUT2D eigenvalue weighted by Crippen LogP contribution is 2.30. The Labute approximate surface area is 178 Å². The Kier molecular flexibility index (Phi) is 7.10. The topological polar surface area (TPSA) is 44.8 Å². The summed E-state index contributed by atoms with van der Waals surface area (Å²) in [6.07, 6.45) is -4.73. The second-order valence-corrected chi connectivity index (χ2v) is 7.44. The lowest BCUT2D eigenvalue weighted by Gasteiger charge is -2.36. The Morgan fingerprint density at radius 2 is 1.77 bits per heavy atom. The maximum Gasteiger partial charge on any atom is 0.573 e. The first-order valence-electron chi connectivity index (χ1n) is 9.65. The molecule has 3 rings (SSSR count). The van der Waals surface area contributed by atoms with Crippen LogP contribution in [0.3, 0.4) is 0 Å². The molecule has 0 atom stereocenters. The molecule has 1 saturated heterocycles. The van der Waals surface area contributed by atoms with Gasteiger partial charge in [-0.05, 0) is 42.4 Å². The Balaban J connectivity index is 1.65. The van der Waals surface area contributed by atoms with Gasteiger partial charge in [0.1, 0.15) is 5.75 Å². The molecule has 1 aliphatic heterocycles. The molecule has 0 radical (unpaired) electrons. The van der Waals surface area contributed by atoms with E-state index in [0.29, 0.717) is 16.3 Å². The van der Waals surface area contributed by atoms with Gasteiger partial charge in [0.25, 0.3) is 0 Å². The Bertz CT molecular complexity index is 867. The van der Waals surface area contributed by atoms with Crippen LogP contribution < -0.4 is 15.0 Å². The fraction of sp³-hybridized carbons (Fsp3) is 0.381. The maximum absolute atomic E-state index is 12.5. The minimum absolute atomic E-state index is 0.0157. The third kappa shape index (κ3) is 6.27. The number of likely N-dealkylation sites (N-methyl/N-ethyl adjacent to an activating group) is 1. The Morgan fingerprint density at radius 3 is 2.37 bits per heavy atom. The number of hydrogen-bond acceptors (Lipinski definition) is 4. The van der Waals surface area contributed by atoms with Crippen molar-refractivity contribution in [2.24, 2.45) is 0 Å². The van der Waals surface area contributed by atoms with E-state index in [1.807, 2.05) is 6.07 Å². The second-order valence-electron chi connectivity index (χ2n) is 7.00. The van der Waals surface area contributed by atoms with E-state index in [9.17, 15) is 18.0 Å². The first kappa shape index (κ1) is 22.2. The van der Waals surface area contributed by atoms with Gasteiger partial charge in [-0.2, -0.15) is 0 Å². The predicted molar refractivity (Wildman–Crippen MR) is 111 cm³/mol. The molecular weight excluding hydrogens is 419 g/mol. The fourth-order valence-corrected chi connectivity index (χ4v) is 3.55. The van der Waals surface area contributed by atoms with E-state index >= 15 is 0 Å². The zero-order valence-corrected chi connectivity index (χ0v) is 17.3. The monoisotopic (exact) mass is 441 g/mol. The molecule has 1 amide bonds. The maximum atomic E-state index is 12.5. The molecule has 0 spiro atoms. The summed E-state index contributed by atoms with van der Waals surface area (Å²) in [5.41, 5.74) is 2.09. The van der Waals surface area contributed by atoms with E-state index in [0.717, 1.165) is 38.4 Å². The normalized spacial score (nSPS) is 15.2. The van der Waals surface area contributed by atoms with Gasteiger partial charge < -0.3 is 19.9 Å². The minimum Gasteiger partial charge on any atom is -0.406 e. The molecular formula is C21H23ClF3N3O2. The van der Waals surface area contributed by atoms with Gasteiger partial charge in [-0.3, -0.25) is 4.79 Å². The molecule has 1 aliphatic rings. The molecule has 0 saturated carbocycles. The summed E-state index contributed by atoms with van der Waals surface area (Å²) in [6.45, 7) is 6.71. The van der Waals surface area contributed by atoms with Crippen LogP contribution in [-0.4, -0.2) is 49.9 Å². The van der Waals surface area contributed by atoms with E-state index in [1.54, 1.807) is 12.1 Å². The molecule has 0 aliphatic carbocycles. The Hall–Kier alpha value is -2.45. The molecule has 1 N–H and O–H groups in total. The number of nitrogens with zero attached hydrogens (tertiary/aromatic N) is 2.